The van der Waals surface area contributed by atoms with E-state index in [2.05, 4.69) is 10.5 Å². The molecule has 2 rings (SSSR count). The number of rotatable bonds is 5. The molecule has 0 spiro atoms. The number of nitrogens with two attached hydrogens (primary N) is 1. The van der Waals surface area contributed by atoms with Crippen LogP contribution in [0.3, 0.4) is 0 Å². The van der Waals surface area contributed by atoms with Gasteiger partial charge in [-0.2, -0.15) is 0 Å². The van der Waals surface area contributed by atoms with Gasteiger partial charge in [-0.1, -0.05) is 37.3 Å². The second kappa shape index (κ2) is 6.36. The Kier molecular flexibility index (Phi) is 4.54. The quantitative estimate of drug-likeness (QED) is 0.836. The summed E-state index contributed by atoms with van der Waals surface area (Å²) >= 11 is 0. The summed E-state index contributed by atoms with van der Waals surface area (Å²) in [7, 11) is 0. The maximum atomic E-state index is 11.8. The van der Waals surface area contributed by atoms with Crippen LogP contribution in [-0.2, 0) is 4.79 Å². The number of nitrogens with zero attached hydrogens (tertiary/aromatic N) is 1. The number of hydrogen-bond acceptors (Lipinski definition) is 4. The molecule has 0 aliphatic heterocycles. The lowest BCUT2D eigenvalue weighted by atomic mass is 9.84. The van der Waals surface area contributed by atoms with Crippen molar-refractivity contribution >= 4 is 11.8 Å². The average Bonchev–Trinajstić information content (AvgIpc) is 2.93. The van der Waals surface area contributed by atoms with Crippen LogP contribution in [-0.4, -0.2) is 23.0 Å². The molecule has 1 heterocycles. The predicted molar refractivity (Wildman–Crippen MR) is 68.1 cm³/mol. The summed E-state index contributed by atoms with van der Waals surface area (Å²) in [4.78, 5) is 23.2. The highest BCUT2D eigenvalue weighted by Gasteiger charge is 2.25. The Balaban J connectivity index is 1.92. The minimum Gasteiger partial charge on any atom is -0.368 e. The van der Waals surface area contributed by atoms with Gasteiger partial charge in [0.1, 0.15) is 6.04 Å². The van der Waals surface area contributed by atoms with Crippen molar-refractivity contribution < 1.29 is 14.1 Å². The summed E-state index contributed by atoms with van der Waals surface area (Å²) in [5.41, 5.74) is 5.36. The molecule has 3 N–H and O–H groups in total. The van der Waals surface area contributed by atoms with E-state index in [4.69, 9.17) is 10.3 Å². The Hall–Kier alpha value is -1.85. The molecule has 1 aromatic rings. The van der Waals surface area contributed by atoms with Crippen molar-refractivity contribution in [2.24, 2.45) is 11.7 Å². The number of hydrogen-bond donors (Lipinski definition) is 2. The van der Waals surface area contributed by atoms with Crippen LogP contribution in [0.2, 0.25) is 0 Å². The highest BCUT2D eigenvalue weighted by atomic mass is 16.5. The van der Waals surface area contributed by atoms with Crippen LogP contribution in [0.15, 0.2) is 16.8 Å². The van der Waals surface area contributed by atoms with Gasteiger partial charge in [0.2, 0.25) is 11.7 Å². The number of aromatic nitrogens is 1. The van der Waals surface area contributed by atoms with Crippen molar-refractivity contribution in [1.82, 2.24) is 10.5 Å². The second-order valence-electron chi connectivity index (χ2n) is 5.04. The molecule has 104 valence electrons. The molecule has 0 saturated heterocycles. The lowest BCUT2D eigenvalue weighted by molar-refractivity contribution is -0.120. The fourth-order valence-corrected chi connectivity index (χ4v) is 2.56. The molecular weight excluding hydrogens is 246 g/mol. The van der Waals surface area contributed by atoms with Crippen LogP contribution >= 0.6 is 0 Å². The van der Waals surface area contributed by atoms with Crippen molar-refractivity contribution in [3.63, 3.8) is 0 Å². The van der Waals surface area contributed by atoms with Crippen LogP contribution < -0.4 is 11.1 Å². The molecule has 0 radical (unpaired) electrons. The second-order valence-corrected chi connectivity index (χ2v) is 5.04. The lowest BCUT2D eigenvalue weighted by Crippen LogP contribution is -2.45. The number of carbonyl (C=O) groups is 2. The van der Waals surface area contributed by atoms with Gasteiger partial charge in [0, 0.05) is 6.07 Å². The molecule has 1 aromatic heterocycles. The first-order valence-corrected chi connectivity index (χ1v) is 6.67. The van der Waals surface area contributed by atoms with Gasteiger partial charge in [-0.05, 0) is 12.3 Å². The van der Waals surface area contributed by atoms with E-state index in [1.165, 1.54) is 31.5 Å². The van der Waals surface area contributed by atoms with Gasteiger partial charge in [-0.25, -0.2) is 0 Å². The zero-order chi connectivity index (χ0) is 13.7. The molecule has 2 amide bonds. The van der Waals surface area contributed by atoms with Crippen molar-refractivity contribution in [2.75, 3.05) is 0 Å². The Morgan fingerprint density at radius 3 is 2.74 bits per heavy atom. The zero-order valence-corrected chi connectivity index (χ0v) is 10.8. The summed E-state index contributed by atoms with van der Waals surface area (Å²) in [6, 6.07) is 0.814. The van der Waals surface area contributed by atoms with Crippen LogP contribution in [0, 0.1) is 5.92 Å². The standard InChI is InChI=1S/C13H19N3O3/c14-12(17)10(8-9-4-2-1-3-5-9)16-13(18)11-6-7-15-19-11/h6-7,9-10H,1-5,8H2,(H2,14,17)(H,16,18)/t10-/m0/s1. The molecule has 0 unspecified atom stereocenters. The summed E-state index contributed by atoms with van der Waals surface area (Å²) < 4.78 is 4.75. The van der Waals surface area contributed by atoms with E-state index >= 15 is 0 Å². The van der Waals surface area contributed by atoms with Gasteiger partial charge < -0.3 is 15.6 Å². The monoisotopic (exact) mass is 265 g/mol. The fraction of sp³-hybridized carbons (Fsp3) is 0.615. The average molecular weight is 265 g/mol. The van der Waals surface area contributed by atoms with E-state index in [0.717, 1.165) is 12.8 Å². The Labute approximate surface area is 111 Å². The Morgan fingerprint density at radius 2 is 2.16 bits per heavy atom. The number of primary amides is 1. The molecule has 1 atom stereocenters. The van der Waals surface area contributed by atoms with Gasteiger partial charge in [0.25, 0.3) is 5.91 Å². The molecule has 1 aliphatic carbocycles. The smallest absolute Gasteiger partial charge is 0.290 e. The topological polar surface area (TPSA) is 98.2 Å². The highest BCUT2D eigenvalue weighted by molar-refractivity contribution is 5.94. The Morgan fingerprint density at radius 1 is 1.42 bits per heavy atom. The van der Waals surface area contributed by atoms with E-state index in [-0.39, 0.29) is 5.76 Å². The molecule has 1 fully saturated rings. The largest absolute Gasteiger partial charge is 0.368 e. The van der Waals surface area contributed by atoms with E-state index in [1.54, 1.807) is 0 Å². The van der Waals surface area contributed by atoms with E-state index in [0.29, 0.717) is 12.3 Å². The van der Waals surface area contributed by atoms with Crippen molar-refractivity contribution in [3.05, 3.63) is 18.0 Å². The molecule has 6 nitrogen and oxygen atoms in total. The molecule has 1 saturated carbocycles. The van der Waals surface area contributed by atoms with E-state index < -0.39 is 17.9 Å². The van der Waals surface area contributed by atoms with Gasteiger partial charge in [0.15, 0.2) is 0 Å². The highest BCUT2D eigenvalue weighted by Crippen LogP contribution is 2.27. The summed E-state index contributed by atoms with van der Waals surface area (Å²) in [5.74, 6) is -0.397. The summed E-state index contributed by atoms with van der Waals surface area (Å²) in [6.45, 7) is 0. The minimum absolute atomic E-state index is 0.0925. The third kappa shape index (κ3) is 3.81. The van der Waals surface area contributed by atoms with Gasteiger partial charge in [-0.15, -0.1) is 0 Å². The van der Waals surface area contributed by atoms with E-state index in [1.807, 2.05) is 0 Å². The summed E-state index contributed by atoms with van der Waals surface area (Å²) in [5, 5.41) is 6.08. The first-order chi connectivity index (χ1) is 9.16. The third-order valence-corrected chi connectivity index (χ3v) is 3.60. The summed E-state index contributed by atoms with van der Waals surface area (Å²) in [6.07, 6.45) is 7.81. The van der Waals surface area contributed by atoms with Crippen molar-refractivity contribution in [3.8, 4) is 0 Å². The maximum Gasteiger partial charge on any atom is 0.290 e. The van der Waals surface area contributed by atoms with Gasteiger partial charge in [-0.3, -0.25) is 9.59 Å². The predicted octanol–water partition coefficient (Wildman–Crippen LogP) is 1.23. The third-order valence-electron chi connectivity index (χ3n) is 3.60. The number of nitrogens with one attached hydrogen (secondary N) is 1. The van der Waals surface area contributed by atoms with Crippen molar-refractivity contribution in [1.29, 1.82) is 0 Å². The maximum absolute atomic E-state index is 11.8. The lowest BCUT2D eigenvalue weighted by Gasteiger charge is -2.25. The van der Waals surface area contributed by atoms with E-state index in [9.17, 15) is 9.59 Å². The number of amides is 2. The minimum atomic E-state index is -0.638. The van der Waals surface area contributed by atoms with Gasteiger partial charge >= 0.3 is 0 Å². The van der Waals surface area contributed by atoms with Crippen molar-refractivity contribution in [2.45, 2.75) is 44.6 Å². The zero-order valence-electron chi connectivity index (χ0n) is 10.8. The molecule has 6 heteroatoms. The van der Waals surface area contributed by atoms with Crippen LogP contribution in [0.5, 0.6) is 0 Å². The first-order valence-electron chi connectivity index (χ1n) is 6.67. The SMILES string of the molecule is NC(=O)[C@H](CC1CCCCC1)NC(=O)c1ccno1. The normalized spacial score (nSPS) is 17.9. The molecule has 0 aromatic carbocycles. The van der Waals surface area contributed by atoms with Crippen LogP contribution in [0.25, 0.3) is 0 Å². The molecule has 0 bridgehead atoms. The first kappa shape index (κ1) is 13.6. The molecule has 19 heavy (non-hydrogen) atoms. The fourth-order valence-electron chi connectivity index (χ4n) is 2.56. The Bertz CT molecular complexity index is 424. The molecular formula is C13H19N3O3. The van der Waals surface area contributed by atoms with Crippen LogP contribution in [0.1, 0.15) is 49.1 Å². The molecule has 1 aliphatic rings. The van der Waals surface area contributed by atoms with Gasteiger partial charge in [0.05, 0.1) is 6.20 Å². The number of carbonyl (C=O) groups excluding carboxylic acids is 2. The van der Waals surface area contributed by atoms with Crippen LogP contribution in [0.4, 0.5) is 0 Å².